The van der Waals surface area contributed by atoms with Crippen molar-refractivity contribution in [1.82, 2.24) is 0 Å². The standard InChI is InChI=1S/C19H18O4/c1-11-7-15-17(8-12(11)2)23-18(19(15)20)9-13-5-6-14(21-3)10-16(13)22-4/h5-10H,1-4H3/b18-9-. The normalized spacial score (nSPS) is 14.6. The zero-order valence-electron chi connectivity index (χ0n) is 13.6. The van der Waals surface area contributed by atoms with Gasteiger partial charge in [0.05, 0.1) is 19.8 Å². The molecule has 0 aromatic heterocycles. The quantitative estimate of drug-likeness (QED) is 0.806. The zero-order chi connectivity index (χ0) is 16.6. The van der Waals surface area contributed by atoms with Gasteiger partial charge in [0.25, 0.3) is 0 Å². The Kier molecular flexibility index (Phi) is 3.82. The Morgan fingerprint density at radius 2 is 1.74 bits per heavy atom. The number of benzene rings is 2. The van der Waals surface area contributed by atoms with E-state index in [-0.39, 0.29) is 5.78 Å². The van der Waals surface area contributed by atoms with Gasteiger partial charge in [0.15, 0.2) is 5.76 Å². The highest BCUT2D eigenvalue weighted by molar-refractivity contribution is 6.14. The Morgan fingerprint density at radius 1 is 1.00 bits per heavy atom. The first-order valence-electron chi connectivity index (χ1n) is 7.31. The van der Waals surface area contributed by atoms with Crippen molar-refractivity contribution in [3.05, 3.63) is 58.3 Å². The predicted octanol–water partition coefficient (Wildman–Crippen LogP) is 3.94. The average Bonchev–Trinajstić information content (AvgIpc) is 2.84. The Bertz CT molecular complexity index is 818. The fourth-order valence-electron chi connectivity index (χ4n) is 2.52. The second-order valence-corrected chi connectivity index (χ2v) is 5.48. The molecule has 0 unspecified atom stereocenters. The van der Waals surface area contributed by atoms with Crippen molar-refractivity contribution in [3.8, 4) is 17.2 Å². The van der Waals surface area contributed by atoms with Crippen molar-refractivity contribution in [2.24, 2.45) is 0 Å². The molecule has 1 aliphatic rings. The Hall–Kier alpha value is -2.75. The number of methoxy groups -OCH3 is 2. The van der Waals surface area contributed by atoms with Crippen LogP contribution in [0.5, 0.6) is 17.2 Å². The van der Waals surface area contributed by atoms with Crippen molar-refractivity contribution in [2.45, 2.75) is 13.8 Å². The van der Waals surface area contributed by atoms with Gasteiger partial charge in [0.2, 0.25) is 5.78 Å². The molecular weight excluding hydrogens is 292 g/mol. The predicted molar refractivity (Wildman–Crippen MR) is 88.4 cm³/mol. The van der Waals surface area contributed by atoms with Crippen LogP contribution in [0.1, 0.15) is 27.0 Å². The van der Waals surface area contributed by atoms with Gasteiger partial charge in [-0.25, -0.2) is 0 Å². The molecule has 0 atom stereocenters. The van der Waals surface area contributed by atoms with Crippen LogP contribution in [0.25, 0.3) is 6.08 Å². The second kappa shape index (κ2) is 5.80. The molecule has 0 spiro atoms. The molecule has 4 nitrogen and oxygen atoms in total. The van der Waals surface area contributed by atoms with Crippen LogP contribution in [0, 0.1) is 13.8 Å². The van der Waals surface area contributed by atoms with Gasteiger partial charge in [-0.2, -0.15) is 0 Å². The molecule has 4 heteroatoms. The minimum atomic E-state index is -0.110. The van der Waals surface area contributed by atoms with Crippen LogP contribution in [0.15, 0.2) is 36.1 Å². The molecule has 118 valence electrons. The lowest BCUT2D eigenvalue weighted by molar-refractivity contribution is 0.101. The van der Waals surface area contributed by atoms with Crippen LogP contribution in [-0.4, -0.2) is 20.0 Å². The van der Waals surface area contributed by atoms with Gasteiger partial charge in [-0.1, -0.05) is 0 Å². The summed E-state index contributed by atoms with van der Waals surface area (Å²) in [6.45, 7) is 3.98. The van der Waals surface area contributed by atoms with E-state index in [0.717, 1.165) is 16.7 Å². The average molecular weight is 310 g/mol. The Balaban J connectivity index is 2.01. The zero-order valence-corrected chi connectivity index (χ0v) is 13.6. The minimum Gasteiger partial charge on any atom is -0.497 e. The third kappa shape index (κ3) is 2.68. The second-order valence-electron chi connectivity index (χ2n) is 5.48. The maximum Gasteiger partial charge on any atom is 0.231 e. The third-order valence-corrected chi connectivity index (χ3v) is 4.01. The van der Waals surface area contributed by atoms with Crippen LogP contribution in [-0.2, 0) is 0 Å². The molecule has 0 aliphatic carbocycles. The molecule has 0 bridgehead atoms. The van der Waals surface area contributed by atoms with E-state index in [1.54, 1.807) is 26.4 Å². The molecule has 1 aliphatic heterocycles. The van der Waals surface area contributed by atoms with Crippen molar-refractivity contribution in [2.75, 3.05) is 14.2 Å². The maximum atomic E-state index is 12.5. The van der Waals surface area contributed by atoms with E-state index in [2.05, 4.69) is 0 Å². The number of carbonyl (C=O) groups is 1. The molecule has 1 heterocycles. The minimum absolute atomic E-state index is 0.110. The summed E-state index contributed by atoms with van der Waals surface area (Å²) in [5.41, 5.74) is 3.54. The maximum absolute atomic E-state index is 12.5. The van der Waals surface area contributed by atoms with Crippen LogP contribution >= 0.6 is 0 Å². The van der Waals surface area contributed by atoms with E-state index in [1.807, 2.05) is 38.1 Å². The van der Waals surface area contributed by atoms with E-state index < -0.39 is 0 Å². The fourth-order valence-corrected chi connectivity index (χ4v) is 2.52. The summed E-state index contributed by atoms with van der Waals surface area (Å²) in [5.74, 6) is 2.11. The van der Waals surface area contributed by atoms with E-state index in [9.17, 15) is 4.79 Å². The number of allylic oxidation sites excluding steroid dienone is 1. The number of aryl methyl sites for hydroxylation is 2. The number of ketones is 1. The van der Waals surface area contributed by atoms with Gasteiger partial charge < -0.3 is 14.2 Å². The SMILES string of the molecule is COc1ccc(/C=C2\Oc3cc(C)c(C)cc3C2=O)c(OC)c1. The van der Waals surface area contributed by atoms with E-state index >= 15 is 0 Å². The number of hydrogen-bond donors (Lipinski definition) is 0. The summed E-state index contributed by atoms with van der Waals surface area (Å²) < 4.78 is 16.3. The van der Waals surface area contributed by atoms with Crippen LogP contribution in [0.2, 0.25) is 0 Å². The number of fused-ring (bicyclic) bond motifs is 1. The first-order chi connectivity index (χ1) is 11.0. The smallest absolute Gasteiger partial charge is 0.231 e. The highest BCUT2D eigenvalue weighted by Gasteiger charge is 2.28. The first kappa shape index (κ1) is 15.2. The molecule has 3 rings (SSSR count). The van der Waals surface area contributed by atoms with E-state index in [0.29, 0.717) is 28.6 Å². The Morgan fingerprint density at radius 3 is 2.43 bits per heavy atom. The fraction of sp³-hybridized carbons (Fsp3) is 0.211. The lowest BCUT2D eigenvalue weighted by Gasteiger charge is -2.08. The summed E-state index contributed by atoms with van der Waals surface area (Å²) in [6.07, 6.45) is 1.70. The van der Waals surface area contributed by atoms with Crippen molar-refractivity contribution < 1.29 is 19.0 Å². The van der Waals surface area contributed by atoms with Gasteiger partial charge in [0.1, 0.15) is 17.2 Å². The molecule has 0 fully saturated rings. The third-order valence-electron chi connectivity index (χ3n) is 4.01. The number of rotatable bonds is 3. The molecule has 0 saturated heterocycles. The molecule has 0 amide bonds. The van der Waals surface area contributed by atoms with Crippen LogP contribution in [0.3, 0.4) is 0 Å². The summed E-state index contributed by atoms with van der Waals surface area (Å²) >= 11 is 0. The number of ether oxygens (including phenoxy) is 3. The van der Waals surface area contributed by atoms with Crippen molar-refractivity contribution in [1.29, 1.82) is 0 Å². The summed E-state index contributed by atoms with van der Waals surface area (Å²) in [5, 5.41) is 0. The lowest BCUT2D eigenvalue weighted by Crippen LogP contribution is -1.99. The first-order valence-corrected chi connectivity index (χ1v) is 7.31. The van der Waals surface area contributed by atoms with Gasteiger partial charge in [0, 0.05) is 11.6 Å². The van der Waals surface area contributed by atoms with E-state index in [4.69, 9.17) is 14.2 Å². The van der Waals surface area contributed by atoms with Gasteiger partial charge in [-0.3, -0.25) is 4.79 Å². The van der Waals surface area contributed by atoms with Crippen LogP contribution < -0.4 is 14.2 Å². The molecular formula is C19H18O4. The van der Waals surface area contributed by atoms with Crippen molar-refractivity contribution >= 4 is 11.9 Å². The number of carbonyl (C=O) groups excluding carboxylic acids is 1. The highest BCUT2D eigenvalue weighted by Crippen LogP contribution is 2.35. The lowest BCUT2D eigenvalue weighted by atomic mass is 10.0. The molecule has 0 radical (unpaired) electrons. The molecule has 0 saturated carbocycles. The van der Waals surface area contributed by atoms with Gasteiger partial charge in [-0.15, -0.1) is 0 Å². The molecule has 23 heavy (non-hydrogen) atoms. The summed E-state index contributed by atoms with van der Waals surface area (Å²) in [4.78, 5) is 12.5. The molecule has 2 aromatic rings. The molecule has 0 N–H and O–H groups in total. The number of hydrogen-bond acceptors (Lipinski definition) is 4. The van der Waals surface area contributed by atoms with Gasteiger partial charge in [-0.05, 0) is 55.3 Å². The van der Waals surface area contributed by atoms with Gasteiger partial charge >= 0.3 is 0 Å². The van der Waals surface area contributed by atoms with Crippen molar-refractivity contribution in [3.63, 3.8) is 0 Å². The highest BCUT2D eigenvalue weighted by atomic mass is 16.5. The monoisotopic (exact) mass is 310 g/mol. The topological polar surface area (TPSA) is 44.8 Å². The largest absolute Gasteiger partial charge is 0.497 e. The summed E-state index contributed by atoms with van der Waals surface area (Å²) in [7, 11) is 3.17. The Labute approximate surface area is 135 Å². The van der Waals surface area contributed by atoms with E-state index in [1.165, 1.54) is 0 Å². The molecule has 2 aromatic carbocycles. The summed E-state index contributed by atoms with van der Waals surface area (Å²) in [6, 6.07) is 9.19. The number of Topliss-reactive ketones (excluding diaryl/α,β-unsaturated/α-hetero) is 1. The van der Waals surface area contributed by atoms with Crippen LogP contribution in [0.4, 0.5) is 0 Å².